The lowest BCUT2D eigenvalue weighted by Gasteiger charge is -2.19. The van der Waals surface area contributed by atoms with E-state index in [9.17, 15) is 2.74 Å². The van der Waals surface area contributed by atoms with Crippen molar-refractivity contribution in [2.45, 2.75) is 0 Å². The molecule has 0 aliphatic heterocycles. The number of benzene rings is 9. The van der Waals surface area contributed by atoms with E-state index in [1.165, 1.54) is 0 Å². The Balaban J connectivity index is 1.35. The van der Waals surface area contributed by atoms with E-state index in [1.807, 2.05) is 91.0 Å². The van der Waals surface area contributed by atoms with Gasteiger partial charge in [0.1, 0.15) is 11.2 Å². The van der Waals surface area contributed by atoms with E-state index in [1.54, 1.807) is 6.07 Å². The van der Waals surface area contributed by atoms with Crippen LogP contribution in [-0.2, 0) is 0 Å². The van der Waals surface area contributed by atoms with E-state index < -0.39 is 66.5 Å². The zero-order valence-electron chi connectivity index (χ0n) is 39.6. The molecule has 1 aromatic heterocycles. The highest BCUT2D eigenvalue weighted by molar-refractivity contribution is 6.27. The van der Waals surface area contributed by atoms with Crippen LogP contribution in [0.4, 0.5) is 0 Å². The van der Waals surface area contributed by atoms with Gasteiger partial charge in [-0.15, -0.1) is 0 Å². The molecular weight excluding hydrogens is 593 g/mol. The van der Waals surface area contributed by atoms with Crippen LogP contribution in [-0.4, -0.2) is 0 Å². The first kappa shape index (κ1) is 17.1. The predicted octanol–water partition coefficient (Wildman–Crippen LogP) is 13.7. The first-order valence-electron chi connectivity index (χ1n) is 22.7. The monoisotopic (exact) mass is 636 g/mol. The molecular formula is C48H30O. The van der Waals surface area contributed by atoms with Crippen LogP contribution in [0.2, 0.25) is 0 Å². The SMILES string of the molecule is [2H]c1c([2H])c([2H])c(-c2ccc(-c3c4ccccc4c(-c4c([2H])c([2H])c([2H])c5oc6c7c([2H])c([2H])c([2H])c([2H])c7c([2H])c([2H])c6c45)c4ccccc34)cc2-c2ccccc2)c([2H])c1[2H]. The highest BCUT2D eigenvalue weighted by Crippen LogP contribution is 2.48. The molecule has 0 radical (unpaired) electrons. The Kier molecular flexibility index (Phi) is 3.87. The fourth-order valence-electron chi connectivity index (χ4n) is 7.02. The average Bonchev–Trinajstić information content (AvgIpc) is 3.70. The Morgan fingerprint density at radius 2 is 1.06 bits per heavy atom. The molecule has 9 aromatic carbocycles. The van der Waals surface area contributed by atoms with Crippen molar-refractivity contribution >= 4 is 54.3 Å². The van der Waals surface area contributed by atoms with Gasteiger partial charge in [-0.05, 0) is 89.6 Å². The number of hydrogen-bond acceptors (Lipinski definition) is 1. The molecule has 10 rings (SSSR count). The number of furan rings is 1. The van der Waals surface area contributed by atoms with E-state index in [-0.39, 0.29) is 62.0 Å². The molecule has 228 valence electrons. The van der Waals surface area contributed by atoms with Crippen LogP contribution in [0.5, 0.6) is 0 Å². The molecule has 1 heteroatoms. The minimum atomic E-state index is -0.572. The normalized spacial score (nSPS) is 15.7. The van der Waals surface area contributed by atoms with Crippen LogP contribution in [0.15, 0.2) is 186 Å². The van der Waals surface area contributed by atoms with Crippen molar-refractivity contribution in [2.75, 3.05) is 0 Å². The Labute approximate surface area is 304 Å². The van der Waals surface area contributed by atoms with Crippen molar-refractivity contribution in [1.29, 1.82) is 0 Å². The molecule has 0 saturated carbocycles. The van der Waals surface area contributed by atoms with E-state index in [0.29, 0.717) is 27.5 Å². The molecule has 1 nitrogen and oxygen atoms in total. The standard InChI is InChI=1S/C48H30O/c1-3-14-31(15-4-1)35-28-27-34(30-43(35)32-16-5-2-6-17-32)45-37-20-9-11-22-39(37)46(40-23-12-10-21-38(40)45)41-24-13-25-44-47(41)42-29-26-33-18-7-8-19-36(33)48(42)49-44/h1-30H/i1D,3D,4D,7D,8D,13D,14D,15D,18D,19D,24D,25D,26D,29D. The van der Waals surface area contributed by atoms with E-state index in [0.717, 1.165) is 27.5 Å². The van der Waals surface area contributed by atoms with Gasteiger partial charge in [-0.2, -0.15) is 0 Å². The van der Waals surface area contributed by atoms with Crippen LogP contribution in [0.25, 0.3) is 98.8 Å². The predicted molar refractivity (Wildman–Crippen MR) is 208 cm³/mol. The third-order valence-electron chi connectivity index (χ3n) is 9.09. The maximum absolute atomic E-state index is 9.52. The van der Waals surface area contributed by atoms with Crippen LogP contribution in [0.1, 0.15) is 19.2 Å². The van der Waals surface area contributed by atoms with Gasteiger partial charge >= 0.3 is 0 Å². The molecule has 0 aliphatic carbocycles. The molecule has 0 spiro atoms. The van der Waals surface area contributed by atoms with Gasteiger partial charge in [0.15, 0.2) is 0 Å². The van der Waals surface area contributed by atoms with Gasteiger partial charge in [0.2, 0.25) is 0 Å². The molecule has 0 N–H and O–H groups in total. The van der Waals surface area contributed by atoms with Gasteiger partial charge in [0.05, 0.1) is 19.2 Å². The van der Waals surface area contributed by atoms with Crippen molar-refractivity contribution in [1.82, 2.24) is 0 Å². The Hall–Kier alpha value is -6.44. The minimum absolute atomic E-state index is 0.0162. The second-order valence-corrected chi connectivity index (χ2v) is 11.7. The molecule has 0 aliphatic rings. The quantitative estimate of drug-likeness (QED) is 0.175. The maximum atomic E-state index is 9.52. The lowest BCUT2D eigenvalue weighted by atomic mass is 9.83. The molecule has 0 bridgehead atoms. The van der Waals surface area contributed by atoms with Gasteiger partial charge in [0, 0.05) is 16.2 Å². The smallest absolute Gasteiger partial charge is 0.143 e. The molecule has 10 aromatic rings. The summed E-state index contributed by atoms with van der Waals surface area (Å²) in [6.07, 6.45) is 0. The average molecular weight is 637 g/mol. The summed E-state index contributed by atoms with van der Waals surface area (Å²) in [5, 5.41) is 2.42. The van der Waals surface area contributed by atoms with Crippen molar-refractivity contribution in [2.24, 2.45) is 0 Å². The second kappa shape index (κ2) is 11.1. The Morgan fingerprint density at radius 3 is 1.82 bits per heavy atom. The number of hydrogen-bond donors (Lipinski definition) is 0. The second-order valence-electron chi connectivity index (χ2n) is 11.7. The van der Waals surface area contributed by atoms with Crippen LogP contribution < -0.4 is 0 Å². The summed E-state index contributed by atoms with van der Waals surface area (Å²) in [7, 11) is 0. The van der Waals surface area contributed by atoms with Crippen molar-refractivity contribution in [3.05, 3.63) is 182 Å². The van der Waals surface area contributed by atoms with Gasteiger partial charge < -0.3 is 4.42 Å². The van der Waals surface area contributed by atoms with Gasteiger partial charge in [-0.1, -0.05) is 164 Å². The molecule has 1 heterocycles. The first-order chi connectivity index (χ1) is 30.1. The molecule has 0 amide bonds. The molecule has 0 unspecified atom stereocenters. The summed E-state index contributed by atoms with van der Waals surface area (Å²) in [6, 6.07) is 23.6. The van der Waals surface area contributed by atoms with Crippen LogP contribution >= 0.6 is 0 Å². The molecule has 0 fully saturated rings. The van der Waals surface area contributed by atoms with Gasteiger partial charge in [-0.3, -0.25) is 0 Å². The maximum Gasteiger partial charge on any atom is 0.143 e. The summed E-state index contributed by atoms with van der Waals surface area (Å²) >= 11 is 0. The zero-order valence-corrected chi connectivity index (χ0v) is 25.6. The van der Waals surface area contributed by atoms with E-state index in [4.69, 9.17) is 20.9 Å². The third kappa shape index (κ3) is 4.33. The third-order valence-corrected chi connectivity index (χ3v) is 9.09. The number of rotatable bonds is 4. The highest BCUT2D eigenvalue weighted by Gasteiger charge is 2.21. The summed E-state index contributed by atoms with van der Waals surface area (Å²) in [4.78, 5) is 0. The topological polar surface area (TPSA) is 13.1 Å². The molecule has 0 saturated heterocycles. The van der Waals surface area contributed by atoms with Crippen molar-refractivity contribution in [3.8, 4) is 44.5 Å². The summed E-state index contributed by atoms with van der Waals surface area (Å²) < 4.78 is 129. The largest absolute Gasteiger partial charge is 0.455 e. The van der Waals surface area contributed by atoms with E-state index in [2.05, 4.69) is 0 Å². The van der Waals surface area contributed by atoms with Gasteiger partial charge in [0.25, 0.3) is 0 Å². The molecule has 49 heavy (non-hydrogen) atoms. The Morgan fingerprint density at radius 1 is 0.388 bits per heavy atom. The fraction of sp³-hybridized carbons (Fsp3) is 0. The lowest BCUT2D eigenvalue weighted by molar-refractivity contribution is 0.673. The minimum Gasteiger partial charge on any atom is -0.455 e. The van der Waals surface area contributed by atoms with E-state index >= 15 is 0 Å². The van der Waals surface area contributed by atoms with Crippen molar-refractivity contribution < 1.29 is 23.6 Å². The number of fused-ring (bicyclic) bond motifs is 7. The fourth-order valence-corrected chi connectivity index (χ4v) is 7.02. The summed E-state index contributed by atoms with van der Waals surface area (Å²) in [5.74, 6) is 0. The molecule has 0 atom stereocenters. The van der Waals surface area contributed by atoms with Crippen LogP contribution in [0.3, 0.4) is 0 Å². The first-order valence-corrected chi connectivity index (χ1v) is 15.7. The highest BCUT2D eigenvalue weighted by atomic mass is 16.3. The lowest BCUT2D eigenvalue weighted by Crippen LogP contribution is -1.92. The van der Waals surface area contributed by atoms with Crippen LogP contribution in [0, 0.1) is 0 Å². The summed E-state index contributed by atoms with van der Waals surface area (Å²) in [6.45, 7) is 0. The zero-order chi connectivity index (χ0) is 44.5. The summed E-state index contributed by atoms with van der Waals surface area (Å²) in [5.41, 5.74) is 3.69. The Bertz CT molecular complexity index is 3590. The van der Waals surface area contributed by atoms with Crippen molar-refractivity contribution in [3.63, 3.8) is 0 Å². The van der Waals surface area contributed by atoms with Gasteiger partial charge in [-0.25, -0.2) is 0 Å².